The molecule has 0 fully saturated rings. The molecule has 1 aromatic carbocycles. The minimum Gasteiger partial charge on any atom is -0.441 e. The lowest BCUT2D eigenvalue weighted by Gasteiger charge is -2.04. The van der Waals surface area contributed by atoms with Crippen LogP contribution >= 0.6 is 0 Å². The molecule has 1 N–H and O–H groups in total. The summed E-state index contributed by atoms with van der Waals surface area (Å²) in [6.07, 6.45) is 4.88. The lowest BCUT2D eigenvalue weighted by molar-refractivity contribution is 0.0951. The van der Waals surface area contributed by atoms with Crippen LogP contribution in [0.1, 0.15) is 47.3 Å². The van der Waals surface area contributed by atoms with E-state index in [1.54, 1.807) is 16.8 Å². The van der Waals surface area contributed by atoms with Gasteiger partial charge in [0.05, 0.1) is 5.69 Å². The maximum Gasteiger partial charge on any atom is 0.251 e. The molecule has 0 aliphatic heterocycles. The fraction of sp³-hybridized carbons (Fsp3) is 0.389. The lowest BCUT2D eigenvalue weighted by atomic mass is 10.2. The second-order valence-electron chi connectivity index (χ2n) is 5.99. The Kier molecular flexibility index (Phi) is 4.64. The molecule has 2 heterocycles. The first kappa shape index (κ1) is 16.2. The molecule has 0 radical (unpaired) electrons. The van der Waals surface area contributed by atoms with Crippen molar-refractivity contribution < 1.29 is 9.21 Å². The number of aromatic nitrogens is 3. The van der Waals surface area contributed by atoms with E-state index in [4.69, 9.17) is 4.42 Å². The van der Waals surface area contributed by atoms with E-state index in [1.165, 1.54) is 0 Å². The van der Waals surface area contributed by atoms with Crippen molar-refractivity contribution in [2.24, 2.45) is 7.05 Å². The third-order valence-electron chi connectivity index (χ3n) is 3.99. The number of amides is 1. The monoisotopic (exact) mass is 326 g/mol. The third kappa shape index (κ3) is 3.48. The summed E-state index contributed by atoms with van der Waals surface area (Å²) < 4.78 is 7.44. The standard InChI is InChI=1S/C18H22N4O2/c1-4-5-6-17-20-15-9-13(7-8-16(15)24-17)18(23)19-10-14-11-22(3)21-12(14)2/h7-9,11H,4-6,10H2,1-3H3,(H,19,23). The van der Waals surface area contributed by atoms with E-state index < -0.39 is 0 Å². The second-order valence-corrected chi connectivity index (χ2v) is 5.99. The molecular formula is C18H22N4O2. The summed E-state index contributed by atoms with van der Waals surface area (Å²) >= 11 is 0. The van der Waals surface area contributed by atoms with Crippen molar-refractivity contribution in [1.29, 1.82) is 0 Å². The molecule has 0 bridgehead atoms. The molecule has 0 saturated heterocycles. The maximum atomic E-state index is 12.4. The van der Waals surface area contributed by atoms with Gasteiger partial charge in [0.25, 0.3) is 5.91 Å². The Morgan fingerprint density at radius 1 is 1.38 bits per heavy atom. The summed E-state index contributed by atoms with van der Waals surface area (Å²) in [5.74, 6) is 0.605. The van der Waals surface area contributed by atoms with E-state index in [2.05, 4.69) is 22.3 Å². The number of hydrogen-bond acceptors (Lipinski definition) is 4. The van der Waals surface area contributed by atoms with Crippen molar-refractivity contribution >= 4 is 17.0 Å². The second kappa shape index (κ2) is 6.86. The van der Waals surface area contributed by atoms with Gasteiger partial charge < -0.3 is 9.73 Å². The molecule has 0 atom stereocenters. The van der Waals surface area contributed by atoms with Gasteiger partial charge in [-0.05, 0) is 31.5 Å². The number of unbranched alkanes of at least 4 members (excludes halogenated alkanes) is 1. The summed E-state index contributed by atoms with van der Waals surface area (Å²) in [5, 5.41) is 7.20. The van der Waals surface area contributed by atoms with Crippen LogP contribution in [0.4, 0.5) is 0 Å². The van der Waals surface area contributed by atoms with Crippen molar-refractivity contribution in [1.82, 2.24) is 20.1 Å². The average molecular weight is 326 g/mol. The Hall–Kier alpha value is -2.63. The van der Waals surface area contributed by atoms with E-state index in [0.29, 0.717) is 12.1 Å². The molecule has 0 unspecified atom stereocenters. The predicted octanol–water partition coefficient (Wildman–Crippen LogP) is 3.14. The Morgan fingerprint density at radius 3 is 2.92 bits per heavy atom. The molecule has 0 aliphatic rings. The minimum atomic E-state index is -0.127. The first-order chi connectivity index (χ1) is 11.6. The Bertz CT molecular complexity index is 863. The van der Waals surface area contributed by atoms with Gasteiger partial charge in [0, 0.05) is 37.3 Å². The van der Waals surface area contributed by atoms with Crippen LogP contribution in [0, 0.1) is 6.92 Å². The fourth-order valence-electron chi connectivity index (χ4n) is 2.65. The highest BCUT2D eigenvalue weighted by Crippen LogP contribution is 2.18. The summed E-state index contributed by atoms with van der Waals surface area (Å²) in [4.78, 5) is 16.8. The van der Waals surface area contributed by atoms with Gasteiger partial charge in [-0.15, -0.1) is 0 Å². The van der Waals surface area contributed by atoms with Crippen LogP contribution in [0.5, 0.6) is 0 Å². The summed E-state index contributed by atoms with van der Waals surface area (Å²) in [7, 11) is 1.87. The molecule has 1 amide bonds. The van der Waals surface area contributed by atoms with Crippen LogP contribution in [-0.4, -0.2) is 20.7 Å². The van der Waals surface area contributed by atoms with Gasteiger partial charge in [-0.25, -0.2) is 4.98 Å². The number of oxazole rings is 1. The Labute approximate surface area is 140 Å². The smallest absolute Gasteiger partial charge is 0.251 e. The number of rotatable bonds is 6. The van der Waals surface area contributed by atoms with Crippen molar-refractivity contribution in [2.45, 2.75) is 39.7 Å². The summed E-state index contributed by atoms with van der Waals surface area (Å²) in [6, 6.07) is 5.35. The number of carbonyl (C=O) groups excluding carboxylic acids is 1. The zero-order valence-corrected chi connectivity index (χ0v) is 14.3. The zero-order chi connectivity index (χ0) is 17.1. The first-order valence-corrected chi connectivity index (χ1v) is 8.23. The number of nitrogens with one attached hydrogen (secondary N) is 1. The van der Waals surface area contributed by atoms with Crippen LogP contribution < -0.4 is 5.32 Å². The molecule has 6 nitrogen and oxygen atoms in total. The van der Waals surface area contributed by atoms with Crippen LogP contribution in [0.15, 0.2) is 28.8 Å². The number of fused-ring (bicyclic) bond motifs is 1. The first-order valence-electron chi connectivity index (χ1n) is 8.23. The molecule has 24 heavy (non-hydrogen) atoms. The van der Waals surface area contributed by atoms with Gasteiger partial charge in [-0.1, -0.05) is 13.3 Å². The van der Waals surface area contributed by atoms with E-state index in [0.717, 1.165) is 47.5 Å². The van der Waals surface area contributed by atoms with Crippen molar-refractivity contribution in [3.05, 3.63) is 47.1 Å². The van der Waals surface area contributed by atoms with E-state index in [9.17, 15) is 4.79 Å². The van der Waals surface area contributed by atoms with Crippen molar-refractivity contribution in [2.75, 3.05) is 0 Å². The van der Waals surface area contributed by atoms with Gasteiger partial charge >= 0.3 is 0 Å². The van der Waals surface area contributed by atoms with Crippen LogP contribution in [0.2, 0.25) is 0 Å². The Balaban J connectivity index is 1.71. The highest BCUT2D eigenvalue weighted by Gasteiger charge is 2.11. The highest BCUT2D eigenvalue weighted by atomic mass is 16.3. The van der Waals surface area contributed by atoms with Gasteiger partial charge in [-0.3, -0.25) is 9.48 Å². The van der Waals surface area contributed by atoms with Crippen LogP contribution in [0.3, 0.4) is 0 Å². The predicted molar refractivity (Wildman–Crippen MR) is 91.7 cm³/mol. The summed E-state index contributed by atoms with van der Waals surface area (Å²) in [6.45, 7) is 4.52. The van der Waals surface area contributed by atoms with Crippen LogP contribution in [-0.2, 0) is 20.0 Å². The molecule has 0 aliphatic carbocycles. The van der Waals surface area contributed by atoms with Crippen molar-refractivity contribution in [3.63, 3.8) is 0 Å². The van der Waals surface area contributed by atoms with Crippen molar-refractivity contribution in [3.8, 4) is 0 Å². The maximum absolute atomic E-state index is 12.4. The summed E-state index contributed by atoms with van der Waals surface area (Å²) in [5.41, 5.74) is 3.96. The van der Waals surface area contributed by atoms with Gasteiger partial charge in [0.15, 0.2) is 11.5 Å². The molecule has 0 saturated carbocycles. The molecule has 126 valence electrons. The number of nitrogens with zero attached hydrogens (tertiary/aromatic N) is 3. The minimum absolute atomic E-state index is 0.127. The third-order valence-corrected chi connectivity index (χ3v) is 3.99. The number of aryl methyl sites for hydroxylation is 3. The quantitative estimate of drug-likeness (QED) is 0.755. The topological polar surface area (TPSA) is 73.0 Å². The number of carbonyl (C=O) groups is 1. The normalized spacial score (nSPS) is 11.1. The molecule has 3 aromatic rings. The van der Waals surface area contributed by atoms with Crippen LogP contribution in [0.25, 0.3) is 11.1 Å². The van der Waals surface area contributed by atoms with Gasteiger partial charge in [-0.2, -0.15) is 5.10 Å². The van der Waals surface area contributed by atoms with E-state index >= 15 is 0 Å². The number of benzene rings is 1. The van der Waals surface area contributed by atoms with E-state index in [-0.39, 0.29) is 5.91 Å². The van der Waals surface area contributed by atoms with E-state index in [1.807, 2.05) is 26.2 Å². The zero-order valence-electron chi connectivity index (χ0n) is 14.3. The van der Waals surface area contributed by atoms with Gasteiger partial charge in [0.2, 0.25) is 0 Å². The highest BCUT2D eigenvalue weighted by molar-refractivity contribution is 5.97. The largest absolute Gasteiger partial charge is 0.441 e. The Morgan fingerprint density at radius 2 is 2.21 bits per heavy atom. The van der Waals surface area contributed by atoms with Gasteiger partial charge in [0.1, 0.15) is 5.52 Å². The SMILES string of the molecule is CCCCc1nc2cc(C(=O)NCc3cn(C)nc3C)ccc2o1. The number of hydrogen-bond donors (Lipinski definition) is 1. The fourth-order valence-corrected chi connectivity index (χ4v) is 2.65. The molecule has 6 heteroatoms. The average Bonchev–Trinajstić information content (AvgIpc) is 3.11. The lowest BCUT2D eigenvalue weighted by Crippen LogP contribution is -2.22. The molecule has 0 spiro atoms. The molecule has 2 aromatic heterocycles. The molecular weight excluding hydrogens is 304 g/mol. The molecule has 3 rings (SSSR count).